The molecule has 0 bridgehead atoms. The van der Waals surface area contributed by atoms with E-state index in [1.165, 1.54) is 0 Å². The Balaban J connectivity index is 1.64. The van der Waals surface area contributed by atoms with Crippen LogP contribution in [0.3, 0.4) is 0 Å². The second-order valence-corrected chi connectivity index (χ2v) is 7.98. The number of aryl methyl sites for hydroxylation is 1. The van der Waals surface area contributed by atoms with Crippen LogP contribution in [0.15, 0.2) is 42.5 Å². The number of ketones is 1. The van der Waals surface area contributed by atoms with E-state index >= 15 is 0 Å². The summed E-state index contributed by atoms with van der Waals surface area (Å²) in [6.45, 7) is 0.235. The number of carbonyl (C=O) groups is 2. The molecule has 0 saturated heterocycles. The van der Waals surface area contributed by atoms with Crippen LogP contribution < -0.4 is 9.03 Å². The maximum atomic E-state index is 13.6. The zero-order valence-electron chi connectivity index (χ0n) is 14.8. The predicted octanol–water partition coefficient (Wildman–Crippen LogP) is 2.74. The minimum absolute atomic E-state index is 0.235. The lowest BCUT2D eigenvalue weighted by Crippen LogP contribution is -2.45. The van der Waals surface area contributed by atoms with E-state index in [1.54, 1.807) is 12.1 Å². The van der Waals surface area contributed by atoms with Gasteiger partial charge in [-0.2, -0.15) is 8.42 Å². The Hall–Kier alpha value is -2.81. The van der Waals surface area contributed by atoms with E-state index in [2.05, 4.69) is 0 Å². The van der Waals surface area contributed by atoms with Crippen LogP contribution in [0.25, 0.3) is 0 Å². The Bertz CT molecular complexity index is 1020. The van der Waals surface area contributed by atoms with Gasteiger partial charge >= 0.3 is 10.2 Å². The molecule has 2 aromatic rings. The number of Topliss-reactive ketones (excluding diaryl/α,β-unsaturated/α-hetero) is 1. The first kappa shape index (κ1) is 19.9. The van der Waals surface area contributed by atoms with Crippen molar-refractivity contribution in [1.82, 2.24) is 4.72 Å². The summed E-state index contributed by atoms with van der Waals surface area (Å²) in [6, 6.07) is 9.53. The van der Waals surface area contributed by atoms with Crippen molar-refractivity contribution >= 4 is 27.6 Å². The van der Waals surface area contributed by atoms with E-state index in [0.717, 1.165) is 28.4 Å². The van der Waals surface area contributed by atoms with Crippen molar-refractivity contribution in [3.63, 3.8) is 0 Å². The Kier molecular flexibility index (Phi) is 5.73. The molecule has 9 heteroatoms. The Labute approximate surface area is 161 Å². The molecule has 148 valence electrons. The van der Waals surface area contributed by atoms with Gasteiger partial charge in [-0.3, -0.25) is 13.9 Å². The molecule has 1 heterocycles. The average Bonchev–Trinajstić information content (AvgIpc) is 2.65. The molecule has 6 nitrogen and oxygen atoms in total. The molecule has 0 atom stereocenters. The first-order valence-electron chi connectivity index (χ1n) is 8.67. The summed E-state index contributed by atoms with van der Waals surface area (Å²) in [5, 5.41) is 0. The van der Waals surface area contributed by atoms with Gasteiger partial charge in [-0.1, -0.05) is 18.2 Å². The number of benzene rings is 2. The van der Waals surface area contributed by atoms with Crippen LogP contribution >= 0.6 is 0 Å². The minimum Gasteiger partial charge on any atom is -0.294 e. The summed E-state index contributed by atoms with van der Waals surface area (Å²) in [4.78, 5) is 24.1. The fourth-order valence-electron chi connectivity index (χ4n) is 3.08. The molecule has 2 aromatic carbocycles. The van der Waals surface area contributed by atoms with Crippen LogP contribution in [-0.4, -0.2) is 26.7 Å². The highest BCUT2D eigenvalue weighted by Crippen LogP contribution is 2.28. The van der Waals surface area contributed by atoms with Crippen LogP contribution in [0.2, 0.25) is 0 Å². The maximum absolute atomic E-state index is 13.6. The van der Waals surface area contributed by atoms with Crippen molar-refractivity contribution in [2.75, 3.05) is 10.8 Å². The molecule has 0 saturated carbocycles. The molecule has 1 aliphatic rings. The summed E-state index contributed by atoms with van der Waals surface area (Å²) in [6.07, 6.45) is 0.521. The van der Waals surface area contributed by atoms with E-state index in [-0.39, 0.29) is 12.1 Å². The molecule has 0 fully saturated rings. The van der Waals surface area contributed by atoms with Crippen molar-refractivity contribution < 1.29 is 26.8 Å². The van der Waals surface area contributed by atoms with Crippen LogP contribution in [0.5, 0.6) is 0 Å². The normalized spacial score (nSPS) is 13.7. The van der Waals surface area contributed by atoms with Crippen LogP contribution in [0, 0.1) is 11.6 Å². The van der Waals surface area contributed by atoms with Crippen molar-refractivity contribution in [3.8, 4) is 0 Å². The standard InChI is InChI=1S/C19H18F2N2O4S/c20-14-7-8-15(16(21)12-14)18(24)9-10-19(25)22-28(26,27)23-11-3-5-13-4-1-2-6-17(13)23/h1-2,4,6-8,12H,3,5,9-11H2,(H,22,25). The summed E-state index contributed by atoms with van der Waals surface area (Å²) < 4.78 is 54.7. The van der Waals surface area contributed by atoms with E-state index in [9.17, 15) is 26.8 Å². The fraction of sp³-hybridized carbons (Fsp3) is 0.263. The Morgan fingerprint density at radius 2 is 1.82 bits per heavy atom. The first-order valence-corrected chi connectivity index (χ1v) is 10.1. The Morgan fingerprint density at radius 3 is 2.57 bits per heavy atom. The van der Waals surface area contributed by atoms with Crippen LogP contribution in [0.4, 0.5) is 14.5 Å². The van der Waals surface area contributed by atoms with E-state index < -0.39 is 46.4 Å². The largest absolute Gasteiger partial charge is 0.326 e. The second kappa shape index (κ2) is 8.05. The molecule has 1 amide bonds. The van der Waals surface area contributed by atoms with Gasteiger partial charge in [0.15, 0.2) is 5.78 Å². The quantitative estimate of drug-likeness (QED) is 0.745. The highest BCUT2D eigenvalue weighted by molar-refractivity contribution is 7.91. The molecular weight excluding hydrogens is 390 g/mol. The number of amides is 1. The molecule has 3 rings (SSSR count). The number of halogens is 2. The van der Waals surface area contributed by atoms with Gasteiger partial charge in [-0.15, -0.1) is 0 Å². The molecular formula is C19H18F2N2O4S. The predicted molar refractivity (Wildman–Crippen MR) is 99.1 cm³/mol. The number of anilines is 1. The zero-order valence-corrected chi connectivity index (χ0v) is 15.6. The smallest absolute Gasteiger partial charge is 0.294 e. The molecule has 0 spiro atoms. The number of nitrogens with one attached hydrogen (secondary N) is 1. The van der Waals surface area contributed by atoms with Gasteiger partial charge in [0.1, 0.15) is 11.6 Å². The lowest BCUT2D eigenvalue weighted by molar-refractivity contribution is -0.119. The number of para-hydroxylation sites is 1. The number of hydrogen-bond acceptors (Lipinski definition) is 4. The first-order chi connectivity index (χ1) is 13.3. The van der Waals surface area contributed by atoms with E-state index in [1.807, 2.05) is 16.9 Å². The minimum atomic E-state index is -4.12. The van der Waals surface area contributed by atoms with Crippen LogP contribution in [-0.2, 0) is 21.4 Å². The molecule has 1 aliphatic heterocycles. The summed E-state index contributed by atoms with van der Waals surface area (Å²) in [7, 11) is -4.12. The van der Waals surface area contributed by atoms with Crippen LogP contribution in [0.1, 0.15) is 35.2 Å². The van der Waals surface area contributed by atoms with Gasteiger partial charge in [-0.25, -0.2) is 13.5 Å². The molecule has 1 N–H and O–H groups in total. The van der Waals surface area contributed by atoms with E-state index in [4.69, 9.17) is 0 Å². The van der Waals surface area contributed by atoms with Gasteiger partial charge in [0, 0.05) is 25.5 Å². The summed E-state index contributed by atoms with van der Waals surface area (Å²) >= 11 is 0. The SMILES string of the molecule is O=C(CCC(=O)c1ccc(F)cc1F)NS(=O)(=O)N1CCCc2ccccc21. The topological polar surface area (TPSA) is 83.5 Å². The van der Waals surface area contributed by atoms with Crippen molar-refractivity contribution in [1.29, 1.82) is 0 Å². The highest BCUT2D eigenvalue weighted by atomic mass is 32.2. The number of carbonyl (C=O) groups excluding carboxylic acids is 2. The summed E-state index contributed by atoms with van der Waals surface area (Å²) in [5.74, 6) is -3.44. The average molecular weight is 408 g/mol. The van der Waals surface area contributed by atoms with Gasteiger partial charge < -0.3 is 0 Å². The third-order valence-electron chi connectivity index (χ3n) is 4.41. The molecule has 0 aliphatic carbocycles. The van der Waals surface area contributed by atoms with Crippen molar-refractivity contribution in [2.45, 2.75) is 25.7 Å². The third kappa shape index (κ3) is 4.36. The highest BCUT2D eigenvalue weighted by Gasteiger charge is 2.28. The van der Waals surface area contributed by atoms with Gasteiger partial charge in [-0.05, 0) is 36.6 Å². The molecule has 28 heavy (non-hydrogen) atoms. The molecule has 0 unspecified atom stereocenters. The fourth-order valence-corrected chi connectivity index (χ4v) is 4.38. The number of nitrogens with zero attached hydrogens (tertiary/aromatic N) is 1. The lowest BCUT2D eigenvalue weighted by atomic mass is 10.0. The van der Waals surface area contributed by atoms with Gasteiger partial charge in [0.25, 0.3) is 0 Å². The number of fused-ring (bicyclic) bond motifs is 1. The van der Waals surface area contributed by atoms with Gasteiger partial charge in [0.05, 0.1) is 11.3 Å². The summed E-state index contributed by atoms with van der Waals surface area (Å²) in [5.41, 5.74) is 1.04. The van der Waals surface area contributed by atoms with Gasteiger partial charge in [0.2, 0.25) is 5.91 Å². The molecule has 0 radical (unpaired) electrons. The third-order valence-corrected chi connectivity index (χ3v) is 5.86. The second-order valence-electron chi connectivity index (χ2n) is 6.38. The number of rotatable bonds is 6. The number of hydrogen-bond donors (Lipinski definition) is 1. The van der Waals surface area contributed by atoms with Crippen molar-refractivity contribution in [3.05, 3.63) is 65.2 Å². The Morgan fingerprint density at radius 1 is 1.07 bits per heavy atom. The monoisotopic (exact) mass is 408 g/mol. The lowest BCUT2D eigenvalue weighted by Gasteiger charge is -2.30. The maximum Gasteiger partial charge on any atom is 0.326 e. The zero-order chi connectivity index (χ0) is 20.3. The van der Waals surface area contributed by atoms with E-state index in [0.29, 0.717) is 18.2 Å². The van der Waals surface area contributed by atoms with Crippen molar-refractivity contribution in [2.24, 2.45) is 0 Å². The molecule has 0 aromatic heterocycles.